The highest BCUT2D eigenvalue weighted by atomic mass is 32.2. The van der Waals surface area contributed by atoms with E-state index < -0.39 is 0 Å². The molecule has 0 aliphatic carbocycles. The molecule has 0 radical (unpaired) electrons. The third kappa shape index (κ3) is 3.71. The van der Waals surface area contributed by atoms with Gasteiger partial charge in [0.1, 0.15) is 12.6 Å². The second-order valence-electron chi connectivity index (χ2n) is 7.44. The number of hydrogen-bond acceptors (Lipinski definition) is 3. The molecule has 2 aliphatic rings. The van der Waals surface area contributed by atoms with Gasteiger partial charge in [-0.2, -0.15) is 0 Å². The van der Waals surface area contributed by atoms with E-state index in [-0.39, 0.29) is 6.10 Å². The molecule has 0 bridgehead atoms. The Morgan fingerprint density at radius 2 is 1.60 bits per heavy atom. The largest absolute Gasteiger partial charge is 0.385 e. The van der Waals surface area contributed by atoms with E-state index in [4.69, 9.17) is 0 Å². The summed E-state index contributed by atoms with van der Waals surface area (Å²) >= 11 is 1.82. The van der Waals surface area contributed by atoms with Gasteiger partial charge in [-0.15, -0.1) is 0 Å². The van der Waals surface area contributed by atoms with Crippen LogP contribution in [0.15, 0.2) is 58.3 Å². The first-order chi connectivity index (χ1) is 12.2. The van der Waals surface area contributed by atoms with Gasteiger partial charge in [0.15, 0.2) is 0 Å². The van der Waals surface area contributed by atoms with Crippen LogP contribution < -0.4 is 9.80 Å². The number of rotatable bonds is 4. The van der Waals surface area contributed by atoms with Crippen molar-refractivity contribution in [2.75, 3.05) is 31.1 Å². The third-order valence-electron chi connectivity index (χ3n) is 5.43. The van der Waals surface area contributed by atoms with Crippen LogP contribution in [0.1, 0.15) is 19.8 Å². The van der Waals surface area contributed by atoms with Crippen molar-refractivity contribution in [3.63, 3.8) is 0 Å². The van der Waals surface area contributed by atoms with Crippen molar-refractivity contribution in [3.05, 3.63) is 48.5 Å². The summed E-state index contributed by atoms with van der Waals surface area (Å²) in [4.78, 5) is 6.40. The lowest BCUT2D eigenvalue weighted by molar-refractivity contribution is -0.909. The lowest BCUT2D eigenvalue weighted by atomic mass is 9.99. The molecule has 1 atom stereocenters. The molecule has 2 heterocycles. The van der Waals surface area contributed by atoms with Crippen LogP contribution in [0.4, 0.5) is 11.4 Å². The highest BCUT2D eigenvalue weighted by Crippen LogP contribution is 2.47. The van der Waals surface area contributed by atoms with Crippen LogP contribution in [0.5, 0.6) is 0 Å². The third-order valence-corrected chi connectivity index (χ3v) is 6.56. The molecule has 0 amide bonds. The van der Waals surface area contributed by atoms with Crippen LogP contribution in [0.25, 0.3) is 0 Å². The van der Waals surface area contributed by atoms with Crippen molar-refractivity contribution in [1.29, 1.82) is 0 Å². The number of likely N-dealkylation sites (tertiary alicyclic amines) is 1. The zero-order valence-electron chi connectivity index (χ0n) is 14.8. The summed E-state index contributed by atoms with van der Waals surface area (Å²) in [6.45, 7) is 6.24. The summed E-state index contributed by atoms with van der Waals surface area (Å²) in [7, 11) is 0. The number of benzene rings is 2. The normalized spacial score (nSPS) is 23.7. The Morgan fingerprint density at radius 3 is 2.20 bits per heavy atom. The highest BCUT2D eigenvalue weighted by Gasteiger charge is 2.27. The molecule has 0 saturated carbocycles. The number of hydrogen-bond donors (Lipinski definition) is 2. The molecule has 25 heavy (non-hydrogen) atoms. The van der Waals surface area contributed by atoms with E-state index in [2.05, 4.69) is 60.4 Å². The van der Waals surface area contributed by atoms with Gasteiger partial charge in [-0.25, -0.2) is 0 Å². The van der Waals surface area contributed by atoms with E-state index in [1.54, 1.807) is 4.90 Å². The van der Waals surface area contributed by atoms with E-state index in [1.165, 1.54) is 47.1 Å². The second kappa shape index (κ2) is 7.40. The molecular formula is C21H27N2OS+. The monoisotopic (exact) mass is 355 g/mol. The van der Waals surface area contributed by atoms with Gasteiger partial charge in [-0.05, 0) is 43.0 Å². The number of anilines is 2. The topological polar surface area (TPSA) is 27.9 Å². The Balaban J connectivity index is 1.51. The van der Waals surface area contributed by atoms with Crippen molar-refractivity contribution in [2.24, 2.45) is 5.92 Å². The summed E-state index contributed by atoms with van der Waals surface area (Å²) in [6.07, 6.45) is 2.26. The molecule has 4 rings (SSSR count). The number of piperidine rings is 1. The minimum atomic E-state index is -0.312. The fraction of sp³-hybridized carbons (Fsp3) is 0.429. The van der Waals surface area contributed by atoms with Gasteiger partial charge in [0, 0.05) is 9.79 Å². The van der Waals surface area contributed by atoms with Crippen molar-refractivity contribution in [3.8, 4) is 0 Å². The molecule has 4 heteroatoms. The fourth-order valence-corrected chi connectivity index (χ4v) is 5.06. The predicted molar refractivity (Wildman–Crippen MR) is 104 cm³/mol. The Kier molecular flexibility index (Phi) is 5.02. The first-order valence-electron chi connectivity index (χ1n) is 9.36. The molecule has 132 valence electrons. The number of nitrogens with one attached hydrogen (secondary N) is 1. The number of β-amino-alcohol motifs (C(OH)–C–C–N with tert-alkyl or cyclic N) is 1. The van der Waals surface area contributed by atoms with Crippen molar-refractivity contribution in [2.45, 2.75) is 35.7 Å². The first-order valence-corrected chi connectivity index (χ1v) is 10.2. The lowest BCUT2D eigenvalue weighted by Gasteiger charge is -2.35. The molecule has 0 aromatic heterocycles. The zero-order valence-corrected chi connectivity index (χ0v) is 15.6. The van der Waals surface area contributed by atoms with Crippen molar-refractivity contribution >= 4 is 23.1 Å². The average molecular weight is 356 g/mol. The number of fused-ring (bicyclic) bond motifs is 2. The minimum Gasteiger partial charge on any atom is -0.385 e. The predicted octanol–water partition coefficient (Wildman–Crippen LogP) is 2.97. The number of para-hydroxylation sites is 2. The van der Waals surface area contributed by atoms with Gasteiger partial charge >= 0.3 is 0 Å². The van der Waals surface area contributed by atoms with E-state index in [0.29, 0.717) is 6.54 Å². The number of aliphatic hydroxyl groups excluding tert-OH is 1. The Labute approximate surface area is 154 Å². The molecule has 0 spiro atoms. The maximum atomic E-state index is 10.8. The molecule has 1 saturated heterocycles. The molecule has 1 fully saturated rings. The van der Waals surface area contributed by atoms with Crippen LogP contribution in [0, 0.1) is 5.92 Å². The quantitative estimate of drug-likeness (QED) is 0.883. The van der Waals surface area contributed by atoms with Gasteiger partial charge in [-0.3, -0.25) is 0 Å². The number of quaternary nitrogens is 1. The average Bonchev–Trinajstić information content (AvgIpc) is 2.63. The van der Waals surface area contributed by atoms with E-state index in [0.717, 1.165) is 12.5 Å². The van der Waals surface area contributed by atoms with Gasteiger partial charge in [-0.1, -0.05) is 43.0 Å². The van der Waals surface area contributed by atoms with Crippen LogP contribution in [0.2, 0.25) is 0 Å². The zero-order chi connectivity index (χ0) is 17.2. The molecular weight excluding hydrogens is 328 g/mol. The SMILES string of the molecule is CC1CC[NH+](CC(O)CN2c3ccccc3Sc3ccccc32)CC1. The second-order valence-corrected chi connectivity index (χ2v) is 8.52. The molecule has 2 aromatic rings. The maximum absolute atomic E-state index is 10.8. The highest BCUT2D eigenvalue weighted by molar-refractivity contribution is 7.99. The maximum Gasteiger partial charge on any atom is 0.121 e. The summed E-state index contributed by atoms with van der Waals surface area (Å²) in [6, 6.07) is 17.0. The Morgan fingerprint density at radius 1 is 1.04 bits per heavy atom. The summed E-state index contributed by atoms with van der Waals surface area (Å²) in [5.41, 5.74) is 2.43. The Bertz CT molecular complexity index is 682. The van der Waals surface area contributed by atoms with Crippen molar-refractivity contribution < 1.29 is 10.0 Å². The molecule has 2 aromatic carbocycles. The summed E-state index contributed by atoms with van der Waals surface area (Å²) < 4.78 is 0. The lowest BCUT2D eigenvalue weighted by Crippen LogP contribution is -3.14. The first kappa shape index (κ1) is 17.0. The van der Waals surface area contributed by atoms with E-state index in [9.17, 15) is 5.11 Å². The van der Waals surface area contributed by atoms with Gasteiger partial charge < -0.3 is 14.9 Å². The Hall–Kier alpha value is -1.49. The van der Waals surface area contributed by atoms with Crippen molar-refractivity contribution in [1.82, 2.24) is 0 Å². The van der Waals surface area contributed by atoms with Crippen LogP contribution in [0.3, 0.4) is 0 Å². The molecule has 3 nitrogen and oxygen atoms in total. The summed E-state index contributed by atoms with van der Waals surface area (Å²) in [5, 5.41) is 10.8. The molecule has 1 unspecified atom stereocenters. The van der Waals surface area contributed by atoms with Crippen LogP contribution >= 0.6 is 11.8 Å². The molecule has 2 N–H and O–H groups in total. The minimum absolute atomic E-state index is 0.312. The van der Waals surface area contributed by atoms with Crippen LogP contribution in [-0.2, 0) is 0 Å². The van der Waals surface area contributed by atoms with Gasteiger partial charge in [0.2, 0.25) is 0 Å². The van der Waals surface area contributed by atoms with E-state index in [1.807, 2.05) is 11.8 Å². The fourth-order valence-electron chi connectivity index (χ4n) is 3.96. The number of aliphatic hydroxyl groups is 1. The van der Waals surface area contributed by atoms with Crippen LogP contribution in [-0.4, -0.2) is 37.4 Å². The standard InChI is InChI=1S/C21H26N2OS/c1-16-10-12-22(13-11-16)14-17(24)15-23-18-6-2-4-8-20(18)25-21-9-5-3-7-19(21)23/h2-9,16-17,24H,10-15H2,1H3/p+1. The number of nitrogens with zero attached hydrogens (tertiary/aromatic N) is 1. The van der Waals surface area contributed by atoms with Gasteiger partial charge in [0.25, 0.3) is 0 Å². The van der Waals surface area contributed by atoms with Gasteiger partial charge in [0.05, 0.1) is 31.0 Å². The smallest absolute Gasteiger partial charge is 0.121 e. The van der Waals surface area contributed by atoms with E-state index >= 15 is 0 Å². The summed E-state index contributed by atoms with van der Waals surface area (Å²) in [5.74, 6) is 0.846. The molecule has 2 aliphatic heterocycles.